The molecule has 5 rings (SSSR count). The van der Waals surface area contributed by atoms with E-state index in [0.717, 1.165) is 31.0 Å². The molecule has 6 nitrogen and oxygen atoms in total. The lowest BCUT2D eigenvalue weighted by Gasteiger charge is -2.51. The van der Waals surface area contributed by atoms with Gasteiger partial charge in [-0.25, -0.2) is 4.79 Å². The van der Waals surface area contributed by atoms with Gasteiger partial charge in [-0.1, -0.05) is 0 Å². The van der Waals surface area contributed by atoms with E-state index in [1.165, 1.54) is 11.1 Å². The summed E-state index contributed by atoms with van der Waals surface area (Å²) >= 11 is 0. The van der Waals surface area contributed by atoms with Gasteiger partial charge in [-0.15, -0.1) is 0 Å². The summed E-state index contributed by atoms with van der Waals surface area (Å²) in [6.45, 7) is 4.45. The molecule has 1 spiro atoms. The number of carbonyl (C=O) groups excluding carboxylic acids is 2. The molecule has 0 unspecified atom stereocenters. The lowest BCUT2D eigenvalue weighted by Crippen LogP contribution is -2.61. The van der Waals surface area contributed by atoms with Crippen LogP contribution in [0.2, 0.25) is 0 Å². The second kappa shape index (κ2) is 8.39. The second-order valence-corrected chi connectivity index (χ2v) is 9.26. The summed E-state index contributed by atoms with van der Waals surface area (Å²) in [5, 5.41) is 5.93. The molecule has 2 atom stereocenters. The average molecular weight is 486 g/mol. The van der Waals surface area contributed by atoms with Crippen LogP contribution in [0, 0.1) is 5.41 Å². The van der Waals surface area contributed by atoms with E-state index in [0.29, 0.717) is 29.1 Å². The first-order chi connectivity index (χ1) is 16.7. The highest BCUT2D eigenvalue weighted by Gasteiger charge is 2.59. The van der Waals surface area contributed by atoms with Crippen LogP contribution in [0.4, 0.5) is 24.5 Å². The molecule has 184 valence electrons. The molecule has 1 fully saturated rings. The number of benzene rings is 2. The molecule has 0 saturated carbocycles. The summed E-state index contributed by atoms with van der Waals surface area (Å²) in [6, 6.07) is 10.1. The summed E-state index contributed by atoms with van der Waals surface area (Å²) < 4.78 is 45.5. The number of amides is 1. The smallest absolute Gasteiger partial charge is 0.416 e. The highest BCUT2D eigenvalue weighted by Crippen LogP contribution is 2.50. The van der Waals surface area contributed by atoms with E-state index in [2.05, 4.69) is 10.0 Å². The Bertz CT molecular complexity index is 1210. The molecular weight excluding hydrogens is 459 g/mol. The fourth-order valence-corrected chi connectivity index (χ4v) is 5.68. The van der Waals surface area contributed by atoms with Crippen molar-refractivity contribution >= 4 is 29.0 Å². The fourth-order valence-electron chi connectivity index (χ4n) is 5.68. The van der Waals surface area contributed by atoms with Crippen molar-refractivity contribution in [2.75, 3.05) is 23.1 Å². The van der Waals surface area contributed by atoms with Crippen molar-refractivity contribution in [2.24, 2.45) is 10.5 Å². The Labute approximate surface area is 201 Å². The number of hydrogen-bond donors (Lipinski definition) is 0. The summed E-state index contributed by atoms with van der Waals surface area (Å²) in [6.07, 6.45) is -1.69. The van der Waals surface area contributed by atoms with Crippen molar-refractivity contribution in [3.63, 3.8) is 0 Å². The minimum absolute atomic E-state index is 0.166. The number of rotatable bonds is 3. The number of anilines is 2. The van der Waals surface area contributed by atoms with Gasteiger partial charge in [0, 0.05) is 18.3 Å². The predicted octanol–water partition coefficient (Wildman–Crippen LogP) is 5.21. The monoisotopic (exact) mass is 485 g/mol. The first-order valence-corrected chi connectivity index (χ1v) is 11.8. The van der Waals surface area contributed by atoms with E-state index in [4.69, 9.17) is 4.74 Å². The summed E-state index contributed by atoms with van der Waals surface area (Å²) in [7, 11) is 0. The number of fused-ring (bicyclic) bond motifs is 4. The number of esters is 1. The van der Waals surface area contributed by atoms with Gasteiger partial charge in [-0.2, -0.15) is 23.3 Å². The zero-order valence-electron chi connectivity index (χ0n) is 19.6. The first-order valence-electron chi connectivity index (χ1n) is 11.8. The molecule has 0 N–H and O–H groups in total. The van der Waals surface area contributed by atoms with Crippen molar-refractivity contribution in [1.82, 2.24) is 0 Å². The van der Waals surface area contributed by atoms with Crippen molar-refractivity contribution in [3.05, 3.63) is 59.2 Å². The van der Waals surface area contributed by atoms with Gasteiger partial charge in [-0.3, -0.25) is 4.79 Å². The van der Waals surface area contributed by atoms with E-state index >= 15 is 0 Å². The molecule has 3 aliphatic heterocycles. The van der Waals surface area contributed by atoms with Crippen LogP contribution >= 0.6 is 0 Å². The van der Waals surface area contributed by atoms with Gasteiger partial charge < -0.3 is 9.64 Å². The zero-order chi connectivity index (χ0) is 25.0. The number of halogens is 3. The minimum Gasteiger partial charge on any atom is -0.462 e. The summed E-state index contributed by atoms with van der Waals surface area (Å²) in [5.74, 6) is -0.705. The van der Waals surface area contributed by atoms with Crippen LogP contribution in [-0.4, -0.2) is 36.8 Å². The van der Waals surface area contributed by atoms with Crippen molar-refractivity contribution in [3.8, 4) is 0 Å². The SMILES string of the molecule is CCOC(=O)c1ccc(N2N=C(C)[C@@]3(Cc4cc(C(F)(F)F)ccc4N4CCCC[C@H]43)C2=O)cc1. The number of hydrazone groups is 1. The zero-order valence-corrected chi connectivity index (χ0v) is 19.6. The molecule has 0 bridgehead atoms. The number of hydrogen-bond acceptors (Lipinski definition) is 5. The van der Waals surface area contributed by atoms with Crippen LogP contribution in [-0.2, 0) is 22.1 Å². The molecule has 0 radical (unpaired) electrons. The molecule has 3 heterocycles. The Morgan fingerprint density at radius 3 is 2.60 bits per heavy atom. The number of piperidine rings is 1. The quantitative estimate of drug-likeness (QED) is 0.561. The van der Waals surface area contributed by atoms with Crippen molar-refractivity contribution < 1.29 is 27.5 Å². The van der Waals surface area contributed by atoms with Gasteiger partial charge in [0.1, 0.15) is 5.41 Å². The van der Waals surface area contributed by atoms with E-state index in [9.17, 15) is 22.8 Å². The molecular formula is C26H26F3N3O3. The maximum atomic E-state index is 14.0. The molecule has 3 aliphatic rings. The van der Waals surface area contributed by atoms with Crippen LogP contribution in [0.1, 0.15) is 54.6 Å². The third-order valence-electron chi connectivity index (χ3n) is 7.35. The number of carbonyl (C=O) groups is 2. The predicted molar refractivity (Wildman–Crippen MR) is 126 cm³/mol. The number of alkyl halides is 3. The normalized spacial score (nSPS) is 23.7. The van der Waals surface area contributed by atoms with Gasteiger partial charge in [0.25, 0.3) is 5.91 Å². The third kappa shape index (κ3) is 3.68. The topological polar surface area (TPSA) is 62.2 Å². The maximum Gasteiger partial charge on any atom is 0.416 e. The fraction of sp³-hybridized carbons (Fsp3) is 0.423. The molecule has 2 aromatic carbocycles. The van der Waals surface area contributed by atoms with Crippen LogP contribution < -0.4 is 9.91 Å². The van der Waals surface area contributed by atoms with Gasteiger partial charge in [0.05, 0.1) is 29.1 Å². The third-order valence-corrected chi connectivity index (χ3v) is 7.35. The van der Waals surface area contributed by atoms with Crippen LogP contribution in [0.5, 0.6) is 0 Å². The first kappa shape index (κ1) is 23.4. The molecule has 2 aromatic rings. The molecule has 0 aromatic heterocycles. The van der Waals surface area contributed by atoms with Crippen LogP contribution in [0.25, 0.3) is 0 Å². The van der Waals surface area contributed by atoms with Gasteiger partial charge >= 0.3 is 12.1 Å². The molecule has 35 heavy (non-hydrogen) atoms. The Morgan fingerprint density at radius 1 is 1.17 bits per heavy atom. The van der Waals surface area contributed by atoms with E-state index < -0.39 is 23.1 Å². The van der Waals surface area contributed by atoms with E-state index in [-0.39, 0.29) is 25.0 Å². The van der Waals surface area contributed by atoms with Gasteiger partial charge in [0.15, 0.2) is 0 Å². The van der Waals surface area contributed by atoms with Crippen LogP contribution in [0.3, 0.4) is 0 Å². The van der Waals surface area contributed by atoms with Gasteiger partial charge in [-0.05, 0) is 87.6 Å². The lowest BCUT2D eigenvalue weighted by atomic mass is 9.65. The van der Waals surface area contributed by atoms with E-state index in [1.54, 1.807) is 44.2 Å². The second-order valence-electron chi connectivity index (χ2n) is 9.26. The minimum atomic E-state index is -4.46. The molecule has 1 amide bonds. The number of nitrogens with zero attached hydrogens (tertiary/aromatic N) is 3. The lowest BCUT2D eigenvalue weighted by molar-refractivity contribution is -0.137. The van der Waals surface area contributed by atoms with Gasteiger partial charge in [0.2, 0.25) is 0 Å². The number of ether oxygens (including phenoxy) is 1. The summed E-state index contributed by atoms with van der Waals surface area (Å²) in [5.41, 5.74) is 0.980. The van der Waals surface area contributed by atoms with Crippen molar-refractivity contribution in [2.45, 2.75) is 51.7 Å². The highest BCUT2D eigenvalue weighted by molar-refractivity contribution is 6.20. The maximum absolute atomic E-state index is 14.0. The van der Waals surface area contributed by atoms with Crippen LogP contribution in [0.15, 0.2) is 47.6 Å². The molecule has 0 aliphatic carbocycles. The Kier molecular flexibility index (Phi) is 5.61. The van der Waals surface area contributed by atoms with E-state index in [1.807, 2.05) is 0 Å². The summed E-state index contributed by atoms with van der Waals surface area (Å²) in [4.78, 5) is 28.1. The Balaban J connectivity index is 1.54. The Hall–Kier alpha value is -3.36. The largest absolute Gasteiger partial charge is 0.462 e. The standard InChI is InChI=1S/C26H26F3N3O3/c1-3-35-23(33)17-7-10-20(11-8-17)32-24(34)25(16(2)30-32)15-18-14-19(26(27,28)29)9-12-21(18)31-13-5-4-6-22(25)31/h7-12,14,22H,3-6,13,15H2,1-2H3/t22-,25+/m0/s1. The molecule has 1 saturated heterocycles. The molecule has 9 heteroatoms. The Morgan fingerprint density at radius 2 is 1.91 bits per heavy atom. The highest BCUT2D eigenvalue weighted by atomic mass is 19.4. The average Bonchev–Trinajstić information content (AvgIpc) is 3.09. The van der Waals surface area contributed by atoms with Crippen molar-refractivity contribution in [1.29, 1.82) is 0 Å².